The number of amides is 1. The van der Waals surface area contributed by atoms with Crippen LogP contribution in [0.5, 0.6) is 0 Å². The van der Waals surface area contributed by atoms with E-state index in [0.29, 0.717) is 13.0 Å². The number of hydrogen-bond acceptors (Lipinski definition) is 3. The van der Waals surface area contributed by atoms with Gasteiger partial charge in [0.1, 0.15) is 0 Å². The second-order valence-corrected chi connectivity index (χ2v) is 4.34. The van der Waals surface area contributed by atoms with Gasteiger partial charge in [-0.25, -0.2) is 0 Å². The van der Waals surface area contributed by atoms with Crippen LogP contribution in [0.2, 0.25) is 0 Å². The molecule has 92 valence electrons. The lowest BCUT2D eigenvalue weighted by molar-refractivity contribution is -0.117. The summed E-state index contributed by atoms with van der Waals surface area (Å²) in [6, 6.07) is 7.93. The molecule has 0 saturated carbocycles. The van der Waals surface area contributed by atoms with Gasteiger partial charge in [-0.15, -0.1) is 0 Å². The summed E-state index contributed by atoms with van der Waals surface area (Å²) in [6.07, 6.45) is 0.452. The van der Waals surface area contributed by atoms with Crippen molar-refractivity contribution in [2.75, 3.05) is 25.1 Å². The number of morpholine rings is 1. The van der Waals surface area contributed by atoms with Gasteiger partial charge in [0, 0.05) is 24.7 Å². The van der Waals surface area contributed by atoms with Gasteiger partial charge in [-0.1, -0.05) is 17.7 Å². The van der Waals surface area contributed by atoms with Gasteiger partial charge in [-0.05, 0) is 19.1 Å². The average Bonchev–Trinajstić information content (AvgIpc) is 2.33. The highest BCUT2D eigenvalue weighted by atomic mass is 16.5. The predicted octanol–water partition coefficient (Wildman–Crippen LogP) is 1.31. The molecule has 1 atom stereocenters. The Balaban J connectivity index is 1.82. The van der Waals surface area contributed by atoms with Crippen LogP contribution >= 0.6 is 0 Å². The third-order valence-electron chi connectivity index (χ3n) is 2.77. The van der Waals surface area contributed by atoms with Crippen molar-refractivity contribution >= 4 is 11.6 Å². The zero-order valence-corrected chi connectivity index (χ0v) is 10.0. The van der Waals surface area contributed by atoms with Crippen molar-refractivity contribution in [3.8, 4) is 0 Å². The Hall–Kier alpha value is -1.39. The zero-order chi connectivity index (χ0) is 12.1. The normalized spacial score (nSPS) is 19.9. The van der Waals surface area contributed by atoms with Gasteiger partial charge >= 0.3 is 0 Å². The summed E-state index contributed by atoms with van der Waals surface area (Å²) < 4.78 is 5.31. The maximum absolute atomic E-state index is 11.8. The van der Waals surface area contributed by atoms with E-state index in [1.807, 2.05) is 31.2 Å². The molecular weight excluding hydrogens is 216 g/mol. The lowest BCUT2D eigenvalue weighted by atomic mass is 10.2. The van der Waals surface area contributed by atoms with E-state index in [4.69, 9.17) is 4.74 Å². The molecule has 2 rings (SSSR count). The van der Waals surface area contributed by atoms with Crippen LogP contribution in [0.15, 0.2) is 24.3 Å². The fourth-order valence-corrected chi connectivity index (χ4v) is 1.82. The number of hydrogen-bond donors (Lipinski definition) is 2. The van der Waals surface area contributed by atoms with E-state index in [-0.39, 0.29) is 11.9 Å². The smallest absolute Gasteiger partial charge is 0.226 e. The summed E-state index contributed by atoms with van der Waals surface area (Å²) in [5, 5.41) is 6.14. The minimum Gasteiger partial charge on any atom is -0.378 e. The first-order valence-corrected chi connectivity index (χ1v) is 5.92. The van der Waals surface area contributed by atoms with Crippen LogP contribution in [0.4, 0.5) is 5.69 Å². The Morgan fingerprint density at radius 3 is 2.88 bits per heavy atom. The van der Waals surface area contributed by atoms with Crippen LogP contribution in [0.25, 0.3) is 0 Å². The third-order valence-corrected chi connectivity index (χ3v) is 2.77. The molecule has 4 heteroatoms. The average molecular weight is 234 g/mol. The first-order chi connectivity index (χ1) is 8.24. The number of ether oxygens (including phenoxy) is 1. The molecule has 17 heavy (non-hydrogen) atoms. The second kappa shape index (κ2) is 5.80. The van der Waals surface area contributed by atoms with E-state index in [9.17, 15) is 4.79 Å². The molecule has 2 N–H and O–H groups in total. The summed E-state index contributed by atoms with van der Waals surface area (Å²) in [5.74, 6) is 0.0249. The highest BCUT2D eigenvalue weighted by Crippen LogP contribution is 2.09. The third kappa shape index (κ3) is 3.84. The van der Waals surface area contributed by atoms with E-state index in [1.54, 1.807) is 0 Å². The van der Waals surface area contributed by atoms with E-state index >= 15 is 0 Å². The van der Waals surface area contributed by atoms with Crippen molar-refractivity contribution in [1.82, 2.24) is 5.32 Å². The zero-order valence-electron chi connectivity index (χ0n) is 10.0. The van der Waals surface area contributed by atoms with Crippen molar-refractivity contribution in [1.29, 1.82) is 0 Å². The maximum atomic E-state index is 11.8. The first-order valence-electron chi connectivity index (χ1n) is 5.92. The standard InChI is InChI=1S/C13H18N2O2/c1-10-2-4-11(5-3-10)15-13(16)8-12-9-17-7-6-14-12/h2-5,12,14H,6-9H2,1H3,(H,15,16). The second-order valence-electron chi connectivity index (χ2n) is 4.34. The molecular formula is C13H18N2O2. The highest BCUT2D eigenvalue weighted by molar-refractivity contribution is 5.91. The molecule has 4 nitrogen and oxygen atoms in total. The molecule has 0 aromatic heterocycles. The van der Waals surface area contributed by atoms with Gasteiger partial charge in [0.15, 0.2) is 0 Å². The Labute approximate surface area is 101 Å². The van der Waals surface area contributed by atoms with Gasteiger partial charge in [-0.2, -0.15) is 0 Å². The van der Waals surface area contributed by atoms with Crippen molar-refractivity contribution < 1.29 is 9.53 Å². The molecule has 1 aromatic carbocycles. The van der Waals surface area contributed by atoms with Crippen LogP contribution in [0.1, 0.15) is 12.0 Å². The number of benzene rings is 1. The van der Waals surface area contributed by atoms with Gasteiger partial charge < -0.3 is 15.4 Å². The molecule has 1 aliphatic heterocycles. The largest absolute Gasteiger partial charge is 0.378 e. The Morgan fingerprint density at radius 1 is 1.47 bits per heavy atom. The summed E-state index contributed by atoms with van der Waals surface area (Å²) in [7, 11) is 0. The number of anilines is 1. The van der Waals surface area contributed by atoms with E-state index in [0.717, 1.165) is 18.8 Å². The van der Waals surface area contributed by atoms with Crippen LogP contribution < -0.4 is 10.6 Å². The van der Waals surface area contributed by atoms with E-state index in [2.05, 4.69) is 10.6 Å². The first kappa shape index (κ1) is 12.1. The lowest BCUT2D eigenvalue weighted by Crippen LogP contribution is -2.43. The Bertz CT molecular complexity index is 370. The van der Waals surface area contributed by atoms with Crippen LogP contribution in [-0.2, 0) is 9.53 Å². The Kier molecular flexibility index (Phi) is 4.12. The maximum Gasteiger partial charge on any atom is 0.226 e. The van der Waals surface area contributed by atoms with Crippen molar-refractivity contribution in [3.63, 3.8) is 0 Å². The van der Waals surface area contributed by atoms with Crippen LogP contribution in [0.3, 0.4) is 0 Å². The number of rotatable bonds is 3. The van der Waals surface area contributed by atoms with Crippen molar-refractivity contribution in [2.45, 2.75) is 19.4 Å². The number of aryl methyl sites for hydroxylation is 1. The molecule has 1 heterocycles. The van der Waals surface area contributed by atoms with Gasteiger partial charge in [0.2, 0.25) is 5.91 Å². The van der Waals surface area contributed by atoms with Gasteiger partial charge in [0.05, 0.1) is 13.2 Å². The molecule has 1 fully saturated rings. The minimum atomic E-state index is 0.0249. The van der Waals surface area contributed by atoms with E-state index < -0.39 is 0 Å². The van der Waals surface area contributed by atoms with Crippen LogP contribution in [0, 0.1) is 6.92 Å². The molecule has 0 spiro atoms. The molecule has 1 amide bonds. The molecule has 1 unspecified atom stereocenters. The molecule has 1 aromatic rings. The highest BCUT2D eigenvalue weighted by Gasteiger charge is 2.16. The van der Waals surface area contributed by atoms with E-state index in [1.165, 1.54) is 5.56 Å². The van der Waals surface area contributed by atoms with Gasteiger partial charge in [0.25, 0.3) is 0 Å². The molecule has 1 aliphatic rings. The topological polar surface area (TPSA) is 50.4 Å². The van der Waals surface area contributed by atoms with Crippen molar-refractivity contribution in [3.05, 3.63) is 29.8 Å². The quantitative estimate of drug-likeness (QED) is 0.829. The molecule has 0 aliphatic carbocycles. The Morgan fingerprint density at radius 2 is 2.24 bits per heavy atom. The summed E-state index contributed by atoms with van der Waals surface area (Å²) in [5.41, 5.74) is 2.03. The van der Waals surface area contributed by atoms with Gasteiger partial charge in [-0.3, -0.25) is 4.79 Å². The fourth-order valence-electron chi connectivity index (χ4n) is 1.82. The fraction of sp³-hybridized carbons (Fsp3) is 0.462. The number of nitrogens with one attached hydrogen (secondary N) is 2. The molecule has 0 radical (unpaired) electrons. The molecule has 0 bridgehead atoms. The SMILES string of the molecule is Cc1ccc(NC(=O)CC2COCCN2)cc1. The molecule has 1 saturated heterocycles. The van der Waals surface area contributed by atoms with Crippen molar-refractivity contribution in [2.24, 2.45) is 0 Å². The number of carbonyl (C=O) groups excluding carboxylic acids is 1. The summed E-state index contributed by atoms with van der Waals surface area (Å²) >= 11 is 0. The van der Waals surface area contributed by atoms with Crippen LogP contribution in [-0.4, -0.2) is 31.7 Å². The predicted molar refractivity (Wildman–Crippen MR) is 67.0 cm³/mol. The minimum absolute atomic E-state index is 0.0249. The summed E-state index contributed by atoms with van der Waals surface area (Å²) in [6.45, 7) is 4.19. The monoisotopic (exact) mass is 234 g/mol. The lowest BCUT2D eigenvalue weighted by Gasteiger charge is -2.23. The summed E-state index contributed by atoms with van der Waals surface area (Å²) in [4.78, 5) is 11.8. The number of carbonyl (C=O) groups is 1.